The molecular weight excluding hydrogens is 308 g/mol. The van der Waals surface area contributed by atoms with Gasteiger partial charge in [-0.2, -0.15) is 0 Å². The third kappa shape index (κ3) is 5.53. The third-order valence-electron chi connectivity index (χ3n) is 3.18. The van der Waals surface area contributed by atoms with Crippen molar-refractivity contribution in [2.75, 3.05) is 13.2 Å². The van der Waals surface area contributed by atoms with Crippen LogP contribution in [0.5, 0.6) is 11.5 Å². The van der Waals surface area contributed by atoms with Gasteiger partial charge in [0.1, 0.15) is 24.2 Å². The van der Waals surface area contributed by atoms with Gasteiger partial charge in [0.05, 0.1) is 6.61 Å². The summed E-state index contributed by atoms with van der Waals surface area (Å²) in [6.07, 6.45) is 0.621. The molecule has 0 radical (unpaired) electrons. The molecule has 0 aromatic heterocycles. The number of carbonyl (C=O) groups is 1. The maximum Gasteiger partial charge on any atom is 0.333 e. The van der Waals surface area contributed by atoms with E-state index in [9.17, 15) is 4.79 Å². The minimum Gasteiger partial charge on any atom is -0.459 e. The normalized spacial score (nSPS) is 12.5. The van der Waals surface area contributed by atoms with Crippen molar-refractivity contribution in [2.45, 2.75) is 13.0 Å². The molecule has 2 aromatic carbocycles. The average Bonchev–Trinajstić information content (AvgIpc) is 2.61. The second-order valence-electron chi connectivity index (χ2n) is 5.25. The van der Waals surface area contributed by atoms with E-state index in [0.29, 0.717) is 11.3 Å². The molecule has 0 bridgehead atoms. The van der Waals surface area contributed by atoms with E-state index in [4.69, 9.17) is 19.7 Å². The Kier molecular flexibility index (Phi) is 6.54. The van der Waals surface area contributed by atoms with Crippen LogP contribution in [0.2, 0.25) is 0 Å². The zero-order valence-electron chi connectivity index (χ0n) is 13.4. The minimum atomic E-state index is -1.06. The van der Waals surface area contributed by atoms with Crippen LogP contribution >= 0.6 is 0 Å². The number of para-hydroxylation sites is 1. The maximum absolute atomic E-state index is 11.8. The number of benzene rings is 2. The summed E-state index contributed by atoms with van der Waals surface area (Å²) in [6, 6.07) is 16.7. The summed E-state index contributed by atoms with van der Waals surface area (Å²) >= 11 is 0. The molecule has 5 nitrogen and oxygen atoms in total. The molecule has 24 heavy (non-hydrogen) atoms. The Morgan fingerprint density at radius 2 is 1.71 bits per heavy atom. The number of esters is 1. The van der Waals surface area contributed by atoms with Crippen molar-refractivity contribution in [2.24, 2.45) is 0 Å². The Morgan fingerprint density at radius 1 is 1.08 bits per heavy atom. The number of aliphatic hydroxyl groups is 2. The Balaban J connectivity index is 1.95. The number of aliphatic hydroxyl groups excluding tert-OH is 2. The maximum atomic E-state index is 11.8. The Morgan fingerprint density at radius 3 is 2.33 bits per heavy atom. The molecule has 0 aliphatic carbocycles. The molecule has 126 valence electrons. The smallest absolute Gasteiger partial charge is 0.333 e. The predicted molar refractivity (Wildman–Crippen MR) is 90.7 cm³/mol. The van der Waals surface area contributed by atoms with Crippen molar-refractivity contribution in [3.8, 4) is 11.5 Å². The molecule has 0 amide bonds. The van der Waals surface area contributed by atoms with Gasteiger partial charge in [-0.3, -0.25) is 0 Å². The standard InChI is InChI=1S/C19H20O5/c1-14(19(22)23-13-16(21)12-20)11-15-7-9-18(10-8-15)24-17-5-3-2-4-6-17/h2-11,16,20-21H,12-13H2,1H3/b14-11+/t16-/m0/s1. The lowest BCUT2D eigenvalue weighted by atomic mass is 10.1. The first kappa shape index (κ1) is 17.7. The summed E-state index contributed by atoms with van der Waals surface area (Å²) in [6.45, 7) is 0.950. The summed E-state index contributed by atoms with van der Waals surface area (Å²) in [5.41, 5.74) is 1.23. The van der Waals surface area contributed by atoms with E-state index >= 15 is 0 Å². The summed E-state index contributed by atoms with van der Waals surface area (Å²) < 4.78 is 10.6. The van der Waals surface area contributed by atoms with E-state index in [-0.39, 0.29) is 6.61 Å². The molecular formula is C19H20O5. The molecule has 1 atom stereocenters. The van der Waals surface area contributed by atoms with Crippen LogP contribution < -0.4 is 4.74 Å². The van der Waals surface area contributed by atoms with E-state index in [1.54, 1.807) is 13.0 Å². The Labute approximate surface area is 140 Å². The van der Waals surface area contributed by atoms with E-state index in [1.807, 2.05) is 54.6 Å². The molecule has 2 N–H and O–H groups in total. The molecule has 0 unspecified atom stereocenters. The van der Waals surface area contributed by atoms with Gasteiger partial charge in [-0.25, -0.2) is 4.79 Å². The number of rotatable bonds is 7. The fraction of sp³-hybridized carbons (Fsp3) is 0.211. The molecule has 0 aliphatic rings. The fourth-order valence-electron chi connectivity index (χ4n) is 1.90. The molecule has 0 spiro atoms. The number of hydrogen-bond acceptors (Lipinski definition) is 5. The fourth-order valence-corrected chi connectivity index (χ4v) is 1.90. The lowest BCUT2D eigenvalue weighted by Gasteiger charge is -2.09. The van der Waals surface area contributed by atoms with Gasteiger partial charge in [0.25, 0.3) is 0 Å². The Bertz CT molecular complexity index is 677. The van der Waals surface area contributed by atoms with Gasteiger partial charge in [-0.1, -0.05) is 30.3 Å². The van der Waals surface area contributed by atoms with Crippen LogP contribution in [0.4, 0.5) is 0 Å². The highest BCUT2D eigenvalue weighted by molar-refractivity contribution is 5.93. The van der Waals surface area contributed by atoms with Crippen LogP contribution in [0.25, 0.3) is 6.08 Å². The largest absolute Gasteiger partial charge is 0.459 e. The topological polar surface area (TPSA) is 76.0 Å². The second kappa shape index (κ2) is 8.86. The number of hydrogen-bond donors (Lipinski definition) is 2. The highest BCUT2D eigenvalue weighted by Gasteiger charge is 2.09. The first-order chi connectivity index (χ1) is 11.6. The monoisotopic (exact) mass is 328 g/mol. The average molecular weight is 328 g/mol. The van der Waals surface area contributed by atoms with Crippen LogP contribution in [0.3, 0.4) is 0 Å². The molecule has 5 heteroatoms. The number of carbonyl (C=O) groups excluding carboxylic acids is 1. The first-order valence-corrected chi connectivity index (χ1v) is 7.56. The van der Waals surface area contributed by atoms with Crippen LogP contribution in [0, 0.1) is 0 Å². The van der Waals surface area contributed by atoms with E-state index < -0.39 is 18.7 Å². The highest BCUT2D eigenvalue weighted by Crippen LogP contribution is 2.21. The molecule has 0 fully saturated rings. The lowest BCUT2D eigenvalue weighted by molar-refractivity contribution is -0.142. The van der Waals surface area contributed by atoms with Crippen LogP contribution in [-0.4, -0.2) is 35.5 Å². The van der Waals surface area contributed by atoms with Gasteiger partial charge in [0.2, 0.25) is 0 Å². The summed E-state index contributed by atoms with van der Waals surface area (Å²) in [4.78, 5) is 11.8. The quantitative estimate of drug-likeness (QED) is 0.604. The predicted octanol–water partition coefficient (Wildman–Crippen LogP) is 2.78. The van der Waals surface area contributed by atoms with E-state index in [0.717, 1.165) is 11.3 Å². The van der Waals surface area contributed by atoms with Crippen molar-refractivity contribution in [1.29, 1.82) is 0 Å². The number of ether oxygens (including phenoxy) is 2. The molecule has 0 saturated heterocycles. The summed E-state index contributed by atoms with van der Waals surface area (Å²) in [5.74, 6) is 0.916. The van der Waals surface area contributed by atoms with E-state index in [1.165, 1.54) is 0 Å². The summed E-state index contributed by atoms with van der Waals surface area (Å²) in [5, 5.41) is 17.9. The van der Waals surface area contributed by atoms with Gasteiger partial charge < -0.3 is 19.7 Å². The highest BCUT2D eigenvalue weighted by atomic mass is 16.5. The molecule has 2 rings (SSSR count). The van der Waals surface area contributed by atoms with Gasteiger partial charge in [-0.15, -0.1) is 0 Å². The van der Waals surface area contributed by atoms with Gasteiger partial charge in [0.15, 0.2) is 0 Å². The van der Waals surface area contributed by atoms with Crippen molar-refractivity contribution in [3.05, 3.63) is 65.7 Å². The van der Waals surface area contributed by atoms with Crippen LogP contribution in [0.15, 0.2) is 60.2 Å². The van der Waals surface area contributed by atoms with Crippen molar-refractivity contribution < 1.29 is 24.5 Å². The van der Waals surface area contributed by atoms with Crippen LogP contribution in [0.1, 0.15) is 12.5 Å². The summed E-state index contributed by atoms with van der Waals surface area (Å²) in [7, 11) is 0. The first-order valence-electron chi connectivity index (χ1n) is 7.56. The second-order valence-corrected chi connectivity index (χ2v) is 5.25. The van der Waals surface area contributed by atoms with E-state index in [2.05, 4.69) is 0 Å². The van der Waals surface area contributed by atoms with Crippen LogP contribution in [-0.2, 0) is 9.53 Å². The molecule has 2 aromatic rings. The zero-order chi connectivity index (χ0) is 17.4. The van der Waals surface area contributed by atoms with Crippen molar-refractivity contribution in [1.82, 2.24) is 0 Å². The molecule has 0 saturated carbocycles. The SMILES string of the molecule is C/C(=C\c1ccc(Oc2ccccc2)cc1)C(=O)OC[C@@H](O)CO. The minimum absolute atomic E-state index is 0.232. The van der Waals surface area contributed by atoms with Gasteiger partial charge >= 0.3 is 5.97 Å². The third-order valence-corrected chi connectivity index (χ3v) is 3.18. The molecule has 0 heterocycles. The lowest BCUT2D eigenvalue weighted by Crippen LogP contribution is -2.22. The van der Waals surface area contributed by atoms with Crippen molar-refractivity contribution >= 4 is 12.0 Å². The molecule has 0 aliphatic heterocycles. The van der Waals surface area contributed by atoms with Gasteiger partial charge in [-0.05, 0) is 42.8 Å². The van der Waals surface area contributed by atoms with Crippen molar-refractivity contribution in [3.63, 3.8) is 0 Å². The zero-order valence-corrected chi connectivity index (χ0v) is 13.4. The Hall–Kier alpha value is -2.63. The van der Waals surface area contributed by atoms with Gasteiger partial charge in [0, 0.05) is 5.57 Å².